The first kappa shape index (κ1) is 7.92. The zero-order chi connectivity index (χ0) is 9.26. The Balaban J connectivity index is 2.83. The Bertz CT molecular complexity index is 457. The summed E-state index contributed by atoms with van der Waals surface area (Å²) in [6.07, 6.45) is 0. The maximum absolute atomic E-state index is 12.5. The molecule has 1 nitrogen and oxygen atoms in total. The van der Waals surface area contributed by atoms with Crippen LogP contribution in [0.2, 0.25) is 0 Å². The van der Waals surface area contributed by atoms with Crippen molar-refractivity contribution in [1.29, 1.82) is 0 Å². The molecular formula is C11H7FO. The Morgan fingerprint density at radius 1 is 1.00 bits per heavy atom. The van der Waals surface area contributed by atoms with Gasteiger partial charge in [-0.15, -0.1) is 0 Å². The Hall–Kier alpha value is -1.70. The first-order valence-corrected chi connectivity index (χ1v) is 3.96. The van der Waals surface area contributed by atoms with Crippen LogP contribution in [0.25, 0.3) is 10.8 Å². The molecule has 0 fully saturated rings. The van der Waals surface area contributed by atoms with Gasteiger partial charge in [0.1, 0.15) is 0 Å². The quantitative estimate of drug-likeness (QED) is 0.607. The smallest absolute Gasteiger partial charge is 0.255 e. The molecule has 2 aromatic rings. The van der Waals surface area contributed by atoms with Gasteiger partial charge in [-0.25, -0.2) is 0 Å². The summed E-state index contributed by atoms with van der Waals surface area (Å²) in [5.74, 6) is 0. The van der Waals surface area contributed by atoms with Crippen molar-refractivity contribution in [3.05, 3.63) is 48.0 Å². The van der Waals surface area contributed by atoms with Crippen LogP contribution in [0.1, 0.15) is 10.4 Å². The molecule has 64 valence electrons. The van der Waals surface area contributed by atoms with E-state index in [1.54, 1.807) is 18.2 Å². The lowest BCUT2D eigenvalue weighted by Crippen LogP contribution is -1.90. The summed E-state index contributed by atoms with van der Waals surface area (Å²) in [6, 6.07) is 10.9. The SMILES string of the molecule is O=C(F)c1cccc2ccccc12. The highest BCUT2D eigenvalue weighted by Crippen LogP contribution is 2.18. The van der Waals surface area contributed by atoms with E-state index in [2.05, 4.69) is 0 Å². The normalized spacial score (nSPS) is 10.2. The molecule has 0 N–H and O–H groups in total. The summed E-state index contributed by atoms with van der Waals surface area (Å²) < 4.78 is 12.5. The molecule has 0 spiro atoms. The van der Waals surface area contributed by atoms with Crippen molar-refractivity contribution < 1.29 is 9.18 Å². The van der Waals surface area contributed by atoms with Gasteiger partial charge in [0, 0.05) is 0 Å². The average Bonchev–Trinajstić information content (AvgIpc) is 2.17. The average molecular weight is 174 g/mol. The minimum atomic E-state index is -1.38. The summed E-state index contributed by atoms with van der Waals surface area (Å²) in [5, 5.41) is 1.54. The summed E-state index contributed by atoms with van der Waals surface area (Å²) in [5.41, 5.74) is 0.137. The van der Waals surface area contributed by atoms with Crippen LogP contribution in [-0.2, 0) is 0 Å². The summed E-state index contributed by atoms with van der Waals surface area (Å²) >= 11 is 0. The van der Waals surface area contributed by atoms with Gasteiger partial charge in [0.2, 0.25) is 0 Å². The Morgan fingerprint density at radius 3 is 2.46 bits per heavy atom. The molecule has 0 atom stereocenters. The number of rotatable bonds is 1. The fraction of sp³-hybridized carbons (Fsp3) is 0. The maximum atomic E-state index is 12.5. The zero-order valence-electron chi connectivity index (χ0n) is 6.83. The molecule has 2 aromatic carbocycles. The molecule has 0 aliphatic carbocycles. The van der Waals surface area contributed by atoms with Crippen LogP contribution in [0.4, 0.5) is 4.39 Å². The van der Waals surface area contributed by atoms with E-state index in [4.69, 9.17) is 0 Å². The highest BCUT2D eigenvalue weighted by molar-refractivity contribution is 6.03. The van der Waals surface area contributed by atoms with Gasteiger partial charge in [0.05, 0.1) is 5.56 Å². The molecule has 0 bridgehead atoms. The van der Waals surface area contributed by atoms with Crippen LogP contribution < -0.4 is 0 Å². The summed E-state index contributed by atoms with van der Waals surface area (Å²) in [4.78, 5) is 10.6. The van der Waals surface area contributed by atoms with Gasteiger partial charge in [0.25, 0.3) is 0 Å². The van der Waals surface area contributed by atoms with E-state index in [0.717, 1.165) is 5.39 Å². The summed E-state index contributed by atoms with van der Waals surface area (Å²) in [7, 11) is 0. The predicted octanol–water partition coefficient (Wildman–Crippen LogP) is 2.95. The van der Waals surface area contributed by atoms with E-state index in [1.165, 1.54) is 6.07 Å². The first-order valence-electron chi connectivity index (χ1n) is 3.96. The molecular weight excluding hydrogens is 167 g/mol. The van der Waals surface area contributed by atoms with Crippen molar-refractivity contribution in [2.45, 2.75) is 0 Å². The standard InChI is InChI=1S/C11H7FO/c12-11(13)10-7-3-5-8-4-1-2-6-9(8)10/h1-7H. The van der Waals surface area contributed by atoms with Crippen LogP contribution in [0, 0.1) is 0 Å². The molecule has 0 saturated carbocycles. The van der Waals surface area contributed by atoms with Crippen molar-refractivity contribution in [3.8, 4) is 0 Å². The van der Waals surface area contributed by atoms with Gasteiger partial charge in [-0.2, -0.15) is 4.39 Å². The third-order valence-corrected chi connectivity index (χ3v) is 2.00. The van der Waals surface area contributed by atoms with Gasteiger partial charge in [-0.3, -0.25) is 4.79 Å². The fourth-order valence-electron chi connectivity index (χ4n) is 1.40. The summed E-state index contributed by atoms with van der Waals surface area (Å²) in [6.45, 7) is 0. The van der Waals surface area contributed by atoms with Gasteiger partial charge in [0.15, 0.2) is 0 Å². The minimum Gasteiger partial charge on any atom is -0.255 e. The molecule has 0 aliphatic rings. The highest BCUT2D eigenvalue weighted by atomic mass is 19.1. The fourth-order valence-corrected chi connectivity index (χ4v) is 1.40. The van der Waals surface area contributed by atoms with Gasteiger partial charge >= 0.3 is 6.04 Å². The van der Waals surface area contributed by atoms with Crippen molar-refractivity contribution in [1.82, 2.24) is 0 Å². The third-order valence-electron chi connectivity index (χ3n) is 2.00. The van der Waals surface area contributed by atoms with Crippen LogP contribution in [-0.4, -0.2) is 6.04 Å². The monoisotopic (exact) mass is 174 g/mol. The second-order valence-electron chi connectivity index (χ2n) is 2.80. The molecule has 13 heavy (non-hydrogen) atoms. The molecule has 2 heteroatoms. The number of carbonyl (C=O) groups is 1. The number of halogens is 1. The van der Waals surface area contributed by atoms with E-state index in [9.17, 15) is 9.18 Å². The van der Waals surface area contributed by atoms with E-state index >= 15 is 0 Å². The van der Waals surface area contributed by atoms with Crippen molar-refractivity contribution >= 4 is 16.8 Å². The third kappa shape index (κ3) is 1.31. The van der Waals surface area contributed by atoms with Crippen LogP contribution in [0.3, 0.4) is 0 Å². The molecule has 0 aromatic heterocycles. The van der Waals surface area contributed by atoms with E-state index < -0.39 is 6.04 Å². The Kier molecular flexibility index (Phi) is 1.81. The van der Waals surface area contributed by atoms with Crippen molar-refractivity contribution in [2.24, 2.45) is 0 Å². The second-order valence-corrected chi connectivity index (χ2v) is 2.80. The van der Waals surface area contributed by atoms with Crippen molar-refractivity contribution in [2.75, 3.05) is 0 Å². The van der Waals surface area contributed by atoms with E-state index in [0.29, 0.717) is 5.39 Å². The Morgan fingerprint density at radius 2 is 1.69 bits per heavy atom. The van der Waals surface area contributed by atoms with Crippen LogP contribution in [0.15, 0.2) is 42.5 Å². The molecule has 0 saturated heterocycles. The molecule has 0 amide bonds. The number of carbonyl (C=O) groups excluding carboxylic acids is 1. The molecule has 0 aliphatic heterocycles. The molecule has 0 unspecified atom stereocenters. The maximum Gasteiger partial charge on any atom is 0.332 e. The minimum absolute atomic E-state index is 0.137. The predicted molar refractivity (Wildman–Crippen MR) is 49.4 cm³/mol. The van der Waals surface area contributed by atoms with E-state index in [-0.39, 0.29) is 5.56 Å². The van der Waals surface area contributed by atoms with Gasteiger partial charge in [-0.1, -0.05) is 36.4 Å². The first-order chi connectivity index (χ1) is 6.29. The van der Waals surface area contributed by atoms with Gasteiger partial charge < -0.3 is 0 Å². The van der Waals surface area contributed by atoms with E-state index in [1.807, 2.05) is 18.2 Å². The number of hydrogen-bond acceptors (Lipinski definition) is 1. The molecule has 0 radical (unpaired) electrons. The van der Waals surface area contributed by atoms with Crippen LogP contribution in [0.5, 0.6) is 0 Å². The number of hydrogen-bond donors (Lipinski definition) is 0. The lowest BCUT2D eigenvalue weighted by Gasteiger charge is -1.99. The van der Waals surface area contributed by atoms with Crippen LogP contribution >= 0.6 is 0 Å². The number of fused-ring (bicyclic) bond motifs is 1. The zero-order valence-corrected chi connectivity index (χ0v) is 6.83. The topological polar surface area (TPSA) is 17.1 Å². The van der Waals surface area contributed by atoms with Crippen molar-refractivity contribution in [3.63, 3.8) is 0 Å². The largest absolute Gasteiger partial charge is 0.332 e. The Labute approximate surface area is 74.8 Å². The highest BCUT2D eigenvalue weighted by Gasteiger charge is 2.06. The number of benzene rings is 2. The molecule has 2 rings (SSSR count). The lowest BCUT2D eigenvalue weighted by molar-refractivity contribution is 0.0838. The molecule has 0 heterocycles. The second kappa shape index (κ2) is 2.98. The lowest BCUT2D eigenvalue weighted by atomic mass is 10.1. The van der Waals surface area contributed by atoms with Gasteiger partial charge in [-0.05, 0) is 16.8 Å².